The Morgan fingerprint density at radius 1 is 1.30 bits per heavy atom. The van der Waals surface area contributed by atoms with E-state index in [1.807, 2.05) is 12.1 Å². The number of carbonyl (C=O) groups excluding carboxylic acids is 1. The molecule has 0 aromatic heterocycles. The molecule has 1 aliphatic carbocycles. The maximum Gasteiger partial charge on any atom is 0.225 e. The maximum atomic E-state index is 12.0. The highest BCUT2D eigenvalue weighted by Crippen LogP contribution is 2.62. The number of hydrogen-bond donors (Lipinski definition) is 1. The number of primary amides is 1. The van der Waals surface area contributed by atoms with E-state index in [0.717, 1.165) is 18.5 Å². The van der Waals surface area contributed by atoms with Crippen LogP contribution in [0, 0.1) is 16.7 Å². The lowest BCUT2D eigenvalue weighted by Gasteiger charge is -2.54. The Labute approximate surface area is 137 Å². The number of benzene rings is 1. The lowest BCUT2D eigenvalue weighted by molar-refractivity contribution is -0.148. The molecular weight excluding hydrogens is 312 g/mol. The molecule has 1 saturated heterocycles. The van der Waals surface area contributed by atoms with Crippen LogP contribution in [0.15, 0.2) is 29.2 Å². The van der Waals surface area contributed by atoms with Crippen molar-refractivity contribution in [3.8, 4) is 0 Å². The summed E-state index contributed by atoms with van der Waals surface area (Å²) in [5.74, 6) is 0.125. The zero-order valence-corrected chi connectivity index (χ0v) is 14.7. The zero-order chi connectivity index (χ0) is 17.0. The first-order valence-electron chi connectivity index (χ1n) is 7.86. The highest BCUT2D eigenvalue weighted by molar-refractivity contribution is 7.90. The highest BCUT2D eigenvalue weighted by atomic mass is 32.2. The molecule has 0 bridgehead atoms. The topological polar surface area (TPSA) is 80.5 Å². The van der Waals surface area contributed by atoms with E-state index in [2.05, 4.69) is 18.7 Å². The first-order chi connectivity index (χ1) is 10.5. The average Bonchev–Trinajstić information content (AvgIpc) is 2.74. The Balaban J connectivity index is 1.74. The summed E-state index contributed by atoms with van der Waals surface area (Å²) in [6.07, 6.45) is 2.06. The Kier molecular flexibility index (Phi) is 3.61. The molecule has 3 rings (SSSR count). The lowest BCUT2D eigenvalue weighted by Crippen LogP contribution is -2.59. The minimum Gasteiger partial charge on any atom is -0.369 e. The molecule has 23 heavy (non-hydrogen) atoms. The van der Waals surface area contributed by atoms with Crippen molar-refractivity contribution >= 4 is 15.7 Å². The normalized spacial score (nSPS) is 29.8. The van der Waals surface area contributed by atoms with Crippen LogP contribution < -0.4 is 5.73 Å². The van der Waals surface area contributed by atoms with Crippen molar-refractivity contribution in [2.24, 2.45) is 22.5 Å². The van der Waals surface area contributed by atoms with Crippen molar-refractivity contribution in [1.82, 2.24) is 4.90 Å². The van der Waals surface area contributed by atoms with E-state index in [9.17, 15) is 13.2 Å². The van der Waals surface area contributed by atoms with Crippen molar-refractivity contribution in [2.45, 2.75) is 31.7 Å². The van der Waals surface area contributed by atoms with Gasteiger partial charge in [0, 0.05) is 25.9 Å². The Bertz CT molecular complexity index is 740. The monoisotopic (exact) mass is 336 g/mol. The fraction of sp³-hybridized carbons (Fsp3) is 0.588. The summed E-state index contributed by atoms with van der Waals surface area (Å²) < 4.78 is 23.0. The summed E-state index contributed by atoms with van der Waals surface area (Å²) >= 11 is 0. The van der Waals surface area contributed by atoms with Crippen LogP contribution in [-0.4, -0.2) is 38.6 Å². The van der Waals surface area contributed by atoms with E-state index in [4.69, 9.17) is 5.73 Å². The number of nitrogens with zero attached hydrogens (tertiary/aromatic N) is 1. The molecule has 1 saturated carbocycles. The lowest BCUT2D eigenvalue weighted by atomic mass is 9.48. The van der Waals surface area contributed by atoms with Crippen LogP contribution in [-0.2, 0) is 21.2 Å². The van der Waals surface area contributed by atoms with E-state index < -0.39 is 9.84 Å². The van der Waals surface area contributed by atoms with Crippen LogP contribution in [0.25, 0.3) is 0 Å². The van der Waals surface area contributed by atoms with Crippen LogP contribution in [0.5, 0.6) is 0 Å². The van der Waals surface area contributed by atoms with Crippen LogP contribution >= 0.6 is 0 Å². The fourth-order valence-electron chi connectivity index (χ4n) is 4.54. The number of carbonyl (C=O) groups is 1. The number of fused-ring (bicyclic) bond motifs is 1. The fourth-order valence-corrected chi connectivity index (χ4v) is 5.17. The van der Waals surface area contributed by atoms with Gasteiger partial charge in [0.15, 0.2) is 9.84 Å². The number of sulfone groups is 1. The van der Waals surface area contributed by atoms with Gasteiger partial charge in [0.1, 0.15) is 0 Å². The van der Waals surface area contributed by atoms with Crippen LogP contribution in [0.3, 0.4) is 0 Å². The van der Waals surface area contributed by atoms with Gasteiger partial charge < -0.3 is 5.73 Å². The predicted molar refractivity (Wildman–Crippen MR) is 88.3 cm³/mol. The summed E-state index contributed by atoms with van der Waals surface area (Å²) in [6, 6.07) is 6.98. The van der Waals surface area contributed by atoms with Crippen molar-refractivity contribution < 1.29 is 13.2 Å². The quantitative estimate of drug-likeness (QED) is 0.902. The van der Waals surface area contributed by atoms with Crippen molar-refractivity contribution in [1.29, 1.82) is 0 Å². The first kappa shape index (κ1) is 16.5. The second-order valence-corrected chi connectivity index (χ2v) is 9.84. The molecule has 1 aromatic carbocycles. The highest BCUT2D eigenvalue weighted by Gasteiger charge is 2.65. The summed E-state index contributed by atoms with van der Waals surface area (Å²) in [4.78, 5) is 14.5. The van der Waals surface area contributed by atoms with Gasteiger partial charge >= 0.3 is 0 Å². The number of amides is 1. The number of rotatable bonds is 4. The van der Waals surface area contributed by atoms with E-state index in [1.54, 1.807) is 12.1 Å². The first-order valence-corrected chi connectivity index (χ1v) is 9.75. The van der Waals surface area contributed by atoms with Gasteiger partial charge in [-0.3, -0.25) is 9.69 Å². The molecule has 2 N–H and O–H groups in total. The molecule has 1 heterocycles. The third-order valence-corrected chi connectivity index (χ3v) is 6.70. The average molecular weight is 336 g/mol. The smallest absolute Gasteiger partial charge is 0.225 e. The summed E-state index contributed by atoms with van der Waals surface area (Å²) in [5, 5.41) is 0. The third kappa shape index (κ3) is 2.68. The summed E-state index contributed by atoms with van der Waals surface area (Å²) in [7, 11) is -3.17. The second-order valence-electron chi connectivity index (χ2n) is 7.82. The second kappa shape index (κ2) is 5.05. The molecule has 1 aromatic rings. The van der Waals surface area contributed by atoms with E-state index >= 15 is 0 Å². The van der Waals surface area contributed by atoms with Crippen molar-refractivity contribution in [2.75, 3.05) is 19.3 Å². The molecule has 0 spiro atoms. The van der Waals surface area contributed by atoms with Gasteiger partial charge in [0.05, 0.1) is 10.3 Å². The van der Waals surface area contributed by atoms with E-state index in [0.29, 0.717) is 23.9 Å². The molecule has 5 nitrogen and oxygen atoms in total. The molecule has 126 valence electrons. The Morgan fingerprint density at radius 3 is 2.35 bits per heavy atom. The molecular formula is C17H24N2O3S. The summed E-state index contributed by atoms with van der Waals surface area (Å²) in [5.41, 5.74) is 6.52. The molecule has 6 heteroatoms. The number of nitrogens with two attached hydrogens (primary N) is 1. The van der Waals surface area contributed by atoms with Gasteiger partial charge in [-0.25, -0.2) is 8.42 Å². The Hall–Kier alpha value is -1.40. The molecule has 1 amide bonds. The molecule has 0 unspecified atom stereocenters. The maximum absolute atomic E-state index is 12.0. The van der Waals surface area contributed by atoms with Crippen LogP contribution in [0.2, 0.25) is 0 Å². The molecule has 1 aliphatic heterocycles. The predicted octanol–water partition coefficient (Wildman–Crippen LogP) is 1.42. The summed E-state index contributed by atoms with van der Waals surface area (Å²) in [6.45, 7) is 6.67. The van der Waals surface area contributed by atoms with E-state index in [1.165, 1.54) is 6.26 Å². The van der Waals surface area contributed by atoms with Crippen molar-refractivity contribution in [3.63, 3.8) is 0 Å². The standard InChI is InChI=1S/C17H24N2O3S/c1-16(2)10-17(15(18)20)11-19(9-14(16)17)8-12-4-6-13(7-5-12)23(3,21)22/h4-7,14H,8-11H2,1-3H3,(H2,18,20)/t14-,17+/m1/s1. The largest absolute Gasteiger partial charge is 0.369 e. The molecule has 0 radical (unpaired) electrons. The number of hydrogen-bond acceptors (Lipinski definition) is 4. The molecule has 2 atom stereocenters. The van der Waals surface area contributed by atoms with Crippen LogP contribution in [0.1, 0.15) is 25.8 Å². The van der Waals surface area contributed by atoms with Crippen LogP contribution in [0.4, 0.5) is 0 Å². The van der Waals surface area contributed by atoms with Gasteiger partial charge in [-0.2, -0.15) is 0 Å². The SMILES string of the molecule is CC1(C)C[C@]2(C(N)=O)CN(Cc3ccc(S(C)(=O)=O)cc3)C[C@H]12. The minimum absolute atomic E-state index is 0.157. The zero-order valence-electron chi connectivity index (χ0n) is 13.9. The van der Waals surface area contributed by atoms with Gasteiger partial charge in [-0.05, 0) is 35.4 Å². The Morgan fingerprint density at radius 2 is 1.91 bits per heavy atom. The van der Waals surface area contributed by atoms with Gasteiger partial charge in [0.2, 0.25) is 5.91 Å². The number of likely N-dealkylation sites (tertiary alicyclic amines) is 1. The van der Waals surface area contributed by atoms with Gasteiger partial charge in [-0.15, -0.1) is 0 Å². The third-order valence-electron chi connectivity index (χ3n) is 5.58. The molecule has 2 aliphatic rings. The van der Waals surface area contributed by atoms with Gasteiger partial charge in [-0.1, -0.05) is 26.0 Å². The minimum atomic E-state index is -3.17. The van der Waals surface area contributed by atoms with Crippen molar-refractivity contribution in [3.05, 3.63) is 29.8 Å². The van der Waals surface area contributed by atoms with Gasteiger partial charge in [0.25, 0.3) is 0 Å². The molecule has 2 fully saturated rings. The van der Waals surface area contributed by atoms with E-state index in [-0.39, 0.29) is 16.7 Å².